The topological polar surface area (TPSA) is 95.5 Å². The maximum absolute atomic E-state index is 14.3. The molecule has 1 aromatic rings. The molecule has 9 atom stereocenters. The van der Waals surface area contributed by atoms with Crippen LogP contribution >= 0.6 is 0 Å². The summed E-state index contributed by atoms with van der Waals surface area (Å²) in [4.78, 5) is 37.1. The smallest absolute Gasteiger partial charge is 0.335 e. The number of benzene rings is 1. The van der Waals surface area contributed by atoms with Gasteiger partial charge in [-0.2, -0.15) is 0 Å². The average Bonchev–Trinajstić information content (AvgIpc) is 3.42. The number of hydrogen-bond acceptors (Lipinski definition) is 3. The Bertz CT molecular complexity index is 1510. The van der Waals surface area contributed by atoms with Crippen molar-refractivity contribution in [3.8, 4) is 0 Å². The Morgan fingerprint density at radius 3 is 2.17 bits per heavy atom. The summed E-state index contributed by atoms with van der Waals surface area (Å²) in [6, 6.07) is 7.51. The summed E-state index contributed by atoms with van der Waals surface area (Å²) in [5.41, 5.74) is 4.28. The van der Waals surface area contributed by atoms with Gasteiger partial charge in [-0.1, -0.05) is 65.0 Å². The van der Waals surface area contributed by atoms with Crippen molar-refractivity contribution < 1.29 is 19.5 Å². The number of carboxylic acid groups (broad SMARTS) is 1. The molecule has 6 rings (SSSR count). The van der Waals surface area contributed by atoms with E-state index in [1.807, 2.05) is 12.1 Å². The lowest BCUT2D eigenvalue weighted by Crippen LogP contribution is -2.66. The molecule has 5 aliphatic rings. The summed E-state index contributed by atoms with van der Waals surface area (Å²) in [6.07, 6.45) is 13.2. The van der Waals surface area contributed by atoms with Crippen molar-refractivity contribution in [2.75, 3.05) is 13.1 Å². The molecular weight excluding hydrogens is 596 g/mol. The van der Waals surface area contributed by atoms with E-state index < -0.39 is 5.97 Å². The van der Waals surface area contributed by atoms with Gasteiger partial charge in [-0.25, -0.2) is 4.79 Å². The van der Waals surface area contributed by atoms with Gasteiger partial charge in [-0.05, 0) is 146 Å². The van der Waals surface area contributed by atoms with E-state index in [0.717, 1.165) is 44.1 Å². The molecule has 4 fully saturated rings. The van der Waals surface area contributed by atoms with Crippen LogP contribution in [0.3, 0.4) is 0 Å². The molecule has 5 aliphatic carbocycles. The molecule has 4 saturated carbocycles. The van der Waals surface area contributed by atoms with Crippen LogP contribution in [0.25, 0.3) is 5.57 Å². The third-order valence-corrected chi connectivity index (χ3v) is 15.6. The summed E-state index contributed by atoms with van der Waals surface area (Å²) < 4.78 is 0. The number of amides is 2. The van der Waals surface area contributed by atoms with E-state index in [0.29, 0.717) is 48.2 Å². The Morgan fingerprint density at radius 1 is 0.833 bits per heavy atom. The highest BCUT2D eigenvalue weighted by molar-refractivity contribution is 5.88. The highest BCUT2D eigenvalue weighted by atomic mass is 16.4. The minimum atomic E-state index is -0.881. The van der Waals surface area contributed by atoms with E-state index in [4.69, 9.17) is 0 Å². The molecule has 6 heteroatoms. The lowest BCUT2D eigenvalue weighted by Gasteiger charge is -2.72. The summed E-state index contributed by atoms with van der Waals surface area (Å²) in [6.45, 7) is 22.1. The Kier molecular flexibility index (Phi) is 8.85. The molecule has 1 aromatic carbocycles. The van der Waals surface area contributed by atoms with Gasteiger partial charge in [0.1, 0.15) is 0 Å². The Hall–Kier alpha value is -2.89. The van der Waals surface area contributed by atoms with E-state index in [-0.39, 0.29) is 38.9 Å². The third-order valence-electron chi connectivity index (χ3n) is 15.6. The zero-order chi connectivity index (χ0) is 34.9. The van der Waals surface area contributed by atoms with Crippen molar-refractivity contribution in [3.05, 3.63) is 53.6 Å². The molecule has 0 heterocycles. The maximum atomic E-state index is 14.3. The molecule has 0 saturated heterocycles. The average molecular weight is 657 g/mol. The first-order chi connectivity index (χ1) is 22.5. The largest absolute Gasteiger partial charge is 0.478 e. The summed E-state index contributed by atoms with van der Waals surface area (Å²) >= 11 is 0. The van der Waals surface area contributed by atoms with Gasteiger partial charge < -0.3 is 15.7 Å². The van der Waals surface area contributed by atoms with E-state index in [1.54, 1.807) is 12.1 Å². The summed E-state index contributed by atoms with van der Waals surface area (Å²) in [5, 5.41) is 15.7. The second-order valence-corrected chi connectivity index (χ2v) is 17.9. The first-order valence-electron chi connectivity index (χ1n) is 18.8. The van der Waals surface area contributed by atoms with Gasteiger partial charge in [0.15, 0.2) is 0 Å². The minimum absolute atomic E-state index is 0.0208. The third kappa shape index (κ3) is 5.13. The number of carbonyl (C=O) groups excluding carboxylic acids is 2. The fraction of sp³-hybridized carbons (Fsp3) is 0.690. The van der Waals surface area contributed by atoms with Crippen molar-refractivity contribution in [2.24, 2.45) is 56.7 Å². The molecule has 3 N–H and O–H groups in total. The van der Waals surface area contributed by atoms with E-state index in [9.17, 15) is 19.5 Å². The van der Waals surface area contributed by atoms with E-state index in [2.05, 4.69) is 64.8 Å². The van der Waals surface area contributed by atoms with E-state index in [1.165, 1.54) is 43.8 Å². The first-order valence-corrected chi connectivity index (χ1v) is 18.8. The predicted octanol–water partition coefficient (Wildman–Crippen LogP) is 8.68. The van der Waals surface area contributed by atoms with Crippen LogP contribution < -0.4 is 10.6 Å². The summed E-state index contributed by atoms with van der Waals surface area (Å²) in [5.74, 6) is 1.70. The molecule has 2 amide bonds. The Balaban J connectivity index is 1.29. The van der Waals surface area contributed by atoms with Crippen molar-refractivity contribution in [3.63, 3.8) is 0 Å². The zero-order valence-corrected chi connectivity index (χ0v) is 30.6. The predicted molar refractivity (Wildman–Crippen MR) is 192 cm³/mol. The van der Waals surface area contributed by atoms with Crippen LogP contribution in [0.2, 0.25) is 0 Å². The Morgan fingerprint density at radius 2 is 1.52 bits per heavy atom. The van der Waals surface area contributed by atoms with Crippen LogP contribution in [0, 0.1) is 56.7 Å². The monoisotopic (exact) mass is 656 g/mol. The van der Waals surface area contributed by atoms with Gasteiger partial charge in [-0.3, -0.25) is 9.59 Å². The number of aromatic carboxylic acids is 1. The van der Waals surface area contributed by atoms with Gasteiger partial charge in [0.05, 0.1) is 11.0 Å². The molecule has 0 aromatic heterocycles. The number of allylic oxidation sites excluding steroid dienone is 3. The number of carbonyl (C=O) groups is 3. The lowest BCUT2D eigenvalue weighted by molar-refractivity contribution is -0.225. The molecule has 0 bridgehead atoms. The molecule has 0 spiro atoms. The fourth-order valence-electron chi connectivity index (χ4n) is 13.2. The second kappa shape index (κ2) is 12.2. The van der Waals surface area contributed by atoms with E-state index >= 15 is 0 Å². The van der Waals surface area contributed by atoms with Crippen LogP contribution in [0.5, 0.6) is 0 Å². The fourth-order valence-corrected chi connectivity index (χ4v) is 13.2. The molecule has 0 aliphatic heterocycles. The molecule has 6 nitrogen and oxygen atoms in total. The molecule has 0 radical (unpaired) electrons. The standard InChI is InChI=1S/C42H60N2O4/c1-26(2)30-16-21-42(37(48)44-25-9-24-43-27(3)45)23-22-40(7)32(35(30)42)14-15-34-39(6)19-17-31(28-10-12-29(13-11-28)36(46)47)38(4,5)33(39)18-20-41(34,40)8/h10-13,17,30,32-35H,1,9,14-16,18-25H2,2-8H3,(H,43,45)(H,44,48)(H,46,47). The van der Waals surface area contributed by atoms with Crippen LogP contribution in [-0.2, 0) is 9.59 Å². The number of rotatable bonds is 8. The number of fused-ring (bicyclic) bond motifs is 7. The van der Waals surface area contributed by atoms with Crippen molar-refractivity contribution in [2.45, 2.75) is 113 Å². The van der Waals surface area contributed by atoms with Gasteiger partial charge in [0, 0.05) is 20.0 Å². The SMILES string of the molecule is C=C(C)C1CCC2(C(=O)NCCCNC(C)=O)CCC3(C)C(CCC4C5(C)CC=C(c6ccc(C(=O)O)cc6)C(C)(C)C5CCC43C)C12. The van der Waals surface area contributed by atoms with Crippen LogP contribution in [-0.4, -0.2) is 36.0 Å². The molecular formula is C42H60N2O4. The number of carboxylic acids is 1. The van der Waals surface area contributed by atoms with Gasteiger partial charge in [0.2, 0.25) is 11.8 Å². The zero-order valence-electron chi connectivity index (χ0n) is 30.6. The molecule has 262 valence electrons. The van der Waals surface area contributed by atoms with Crippen molar-refractivity contribution in [1.29, 1.82) is 0 Å². The highest BCUT2D eigenvalue weighted by Gasteiger charge is 2.71. The van der Waals surface area contributed by atoms with Gasteiger partial charge in [0.25, 0.3) is 0 Å². The minimum Gasteiger partial charge on any atom is -0.478 e. The molecule has 48 heavy (non-hydrogen) atoms. The maximum Gasteiger partial charge on any atom is 0.335 e. The van der Waals surface area contributed by atoms with Crippen LogP contribution in [0.15, 0.2) is 42.5 Å². The Labute approximate surface area is 289 Å². The van der Waals surface area contributed by atoms with Crippen LogP contribution in [0.1, 0.15) is 129 Å². The number of nitrogens with one attached hydrogen (secondary N) is 2. The highest BCUT2D eigenvalue weighted by Crippen LogP contribution is 2.77. The molecule has 9 unspecified atom stereocenters. The normalized spacial score (nSPS) is 39.5. The quantitative estimate of drug-likeness (QED) is 0.193. The van der Waals surface area contributed by atoms with Crippen LogP contribution in [0.4, 0.5) is 0 Å². The van der Waals surface area contributed by atoms with Crippen molar-refractivity contribution >= 4 is 23.4 Å². The first kappa shape index (κ1) is 35.0. The second-order valence-electron chi connectivity index (χ2n) is 17.9. The lowest BCUT2D eigenvalue weighted by atomic mass is 9.32. The van der Waals surface area contributed by atoms with Crippen molar-refractivity contribution in [1.82, 2.24) is 10.6 Å². The summed E-state index contributed by atoms with van der Waals surface area (Å²) in [7, 11) is 0. The van der Waals surface area contributed by atoms with Gasteiger partial charge in [-0.15, -0.1) is 0 Å². The van der Waals surface area contributed by atoms with Gasteiger partial charge >= 0.3 is 5.97 Å². The number of hydrogen-bond donors (Lipinski definition) is 3.